The van der Waals surface area contributed by atoms with Crippen molar-refractivity contribution in [2.45, 2.75) is 39.2 Å². The second-order valence-electron chi connectivity index (χ2n) is 7.92. The average molecular weight is 374 g/mol. The Bertz CT molecular complexity index is 1160. The molecule has 0 atom stereocenters. The molecule has 142 valence electrons. The van der Waals surface area contributed by atoms with Crippen LogP contribution in [0.3, 0.4) is 0 Å². The zero-order chi connectivity index (χ0) is 20.2. The van der Waals surface area contributed by atoms with Crippen LogP contribution in [-0.2, 0) is 5.41 Å². The van der Waals surface area contributed by atoms with Crippen LogP contribution in [0.4, 0.5) is 0 Å². The maximum atomic E-state index is 13.5. The number of hydrogen-bond donors (Lipinski definition) is 1. The first-order valence-electron chi connectivity index (χ1n) is 9.28. The first kappa shape index (κ1) is 18.1. The molecule has 1 aliphatic rings. The monoisotopic (exact) mass is 374 g/mol. The summed E-state index contributed by atoms with van der Waals surface area (Å²) in [4.78, 5) is 16.9. The van der Waals surface area contributed by atoms with Crippen LogP contribution in [-0.4, -0.2) is 24.0 Å². The van der Waals surface area contributed by atoms with Gasteiger partial charge in [-0.05, 0) is 43.7 Å². The first-order chi connectivity index (χ1) is 13.3. The number of carbonyl (C=O) groups excluding carboxylic acids is 1. The van der Waals surface area contributed by atoms with Gasteiger partial charge in [0.1, 0.15) is 0 Å². The van der Waals surface area contributed by atoms with Crippen molar-refractivity contribution in [1.82, 2.24) is 4.98 Å². The van der Waals surface area contributed by atoms with Crippen molar-refractivity contribution in [1.29, 1.82) is 5.26 Å². The molecule has 4 rings (SSSR count). The molecule has 0 spiro atoms. The topological polar surface area (TPSA) is 75.1 Å². The van der Waals surface area contributed by atoms with Gasteiger partial charge in [-0.15, -0.1) is 0 Å². The lowest BCUT2D eigenvalue weighted by atomic mass is 9.71. The molecule has 0 saturated carbocycles. The summed E-state index contributed by atoms with van der Waals surface area (Å²) in [7, 11) is 1.60. The third-order valence-corrected chi connectivity index (χ3v) is 5.36. The van der Waals surface area contributed by atoms with Gasteiger partial charge in [-0.2, -0.15) is 5.26 Å². The Morgan fingerprint density at radius 1 is 1.14 bits per heavy atom. The SMILES string of the molecule is COc1cc2c(cc1OC(C)C)C(=O)c1c([nH]c3cc(C#N)ccc13)C2(C)C. The molecule has 0 bridgehead atoms. The van der Waals surface area contributed by atoms with Gasteiger partial charge in [0.15, 0.2) is 17.3 Å². The van der Waals surface area contributed by atoms with Crippen molar-refractivity contribution in [2.75, 3.05) is 7.11 Å². The van der Waals surface area contributed by atoms with Crippen LogP contribution >= 0.6 is 0 Å². The molecule has 28 heavy (non-hydrogen) atoms. The van der Waals surface area contributed by atoms with E-state index in [4.69, 9.17) is 9.47 Å². The molecule has 1 heterocycles. The molecule has 2 aromatic carbocycles. The lowest BCUT2D eigenvalue weighted by Crippen LogP contribution is -2.30. The van der Waals surface area contributed by atoms with E-state index in [9.17, 15) is 10.1 Å². The predicted octanol–water partition coefficient (Wildman–Crippen LogP) is 4.71. The minimum absolute atomic E-state index is 0.0355. The van der Waals surface area contributed by atoms with Gasteiger partial charge in [0.05, 0.1) is 30.4 Å². The maximum absolute atomic E-state index is 13.5. The van der Waals surface area contributed by atoms with Crippen molar-refractivity contribution < 1.29 is 14.3 Å². The van der Waals surface area contributed by atoms with Crippen LogP contribution in [0.5, 0.6) is 11.5 Å². The number of aromatic nitrogens is 1. The molecule has 5 heteroatoms. The molecule has 0 saturated heterocycles. The summed E-state index contributed by atoms with van der Waals surface area (Å²) in [6.45, 7) is 8.05. The van der Waals surface area contributed by atoms with E-state index in [0.29, 0.717) is 28.2 Å². The average Bonchev–Trinajstić information content (AvgIpc) is 3.05. The van der Waals surface area contributed by atoms with Crippen LogP contribution < -0.4 is 9.47 Å². The second kappa shape index (κ2) is 6.13. The Morgan fingerprint density at radius 3 is 2.54 bits per heavy atom. The number of ether oxygens (including phenoxy) is 2. The van der Waals surface area contributed by atoms with Crippen LogP contribution in [0.25, 0.3) is 10.9 Å². The highest BCUT2D eigenvalue weighted by atomic mass is 16.5. The Hall–Kier alpha value is -3.26. The lowest BCUT2D eigenvalue weighted by Gasteiger charge is -2.33. The zero-order valence-electron chi connectivity index (χ0n) is 16.6. The fourth-order valence-electron chi connectivity index (χ4n) is 4.01. The number of benzene rings is 2. The molecule has 1 N–H and O–H groups in total. The Morgan fingerprint density at radius 2 is 1.89 bits per heavy atom. The predicted molar refractivity (Wildman–Crippen MR) is 107 cm³/mol. The van der Waals surface area contributed by atoms with Gasteiger partial charge in [-0.1, -0.05) is 19.9 Å². The molecule has 3 aromatic rings. The van der Waals surface area contributed by atoms with Gasteiger partial charge in [-0.25, -0.2) is 0 Å². The summed E-state index contributed by atoms with van der Waals surface area (Å²) in [6, 6.07) is 11.2. The van der Waals surface area contributed by atoms with Crippen LogP contribution in [0.15, 0.2) is 30.3 Å². The van der Waals surface area contributed by atoms with E-state index in [1.807, 2.05) is 26.0 Å². The summed E-state index contributed by atoms with van der Waals surface area (Å²) in [5.74, 6) is 1.13. The number of fused-ring (bicyclic) bond motifs is 4. The number of ketones is 1. The molecule has 0 radical (unpaired) electrons. The summed E-state index contributed by atoms with van der Waals surface area (Å²) < 4.78 is 11.4. The summed E-state index contributed by atoms with van der Waals surface area (Å²) >= 11 is 0. The standard InChI is InChI=1S/C23H22N2O3/c1-12(2)28-19-9-15-16(10-18(19)27-5)23(3,4)22-20(21(15)26)14-7-6-13(11-24)8-17(14)25-22/h6-10,12,25H,1-5H3. The van der Waals surface area contributed by atoms with E-state index in [1.54, 1.807) is 25.3 Å². The second-order valence-corrected chi connectivity index (χ2v) is 7.92. The fraction of sp³-hybridized carbons (Fsp3) is 0.304. The van der Waals surface area contributed by atoms with Crippen molar-refractivity contribution in [3.8, 4) is 17.6 Å². The lowest BCUT2D eigenvalue weighted by molar-refractivity contribution is 0.103. The molecule has 0 fully saturated rings. The number of carbonyl (C=O) groups is 1. The van der Waals surface area contributed by atoms with Crippen LogP contribution in [0.1, 0.15) is 60.4 Å². The number of methoxy groups -OCH3 is 1. The smallest absolute Gasteiger partial charge is 0.195 e. The summed E-state index contributed by atoms with van der Waals surface area (Å²) in [5.41, 5.74) is 3.96. The van der Waals surface area contributed by atoms with Gasteiger partial charge in [0.2, 0.25) is 0 Å². The normalized spacial score (nSPS) is 14.5. The summed E-state index contributed by atoms with van der Waals surface area (Å²) in [6.07, 6.45) is -0.0355. The Balaban J connectivity index is 2.00. The van der Waals surface area contributed by atoms with Gasteiger partial charge < -0.3 is 14.5 Å². The number of nitriles is 1. The van der Waals surface area contributed by atoms with Crippen LogP contribution in [0.2, 0.25) is 0 Å². The molecule has 5 nitrogen and oxygen atoms in total. The minimum Gasteiger partial charge on any atom is -0.493 e. The van der Waals surface area contributed by atoms with E-state index in [-0.39, 0.29) is 11.9 Å². The molecule has 0 aliphatic heterocycles. The van der Waals surface area contributed by atoms with Crippen molar-refractivity contribution in [3.63, 3.8) is 0 Å². The van der Waals surface area contributed by atoms with Crippen molar-refractivity contribution >= 4 is 16.7 Å². The maximum Gasteiger partial charge on any atom is 0.195 e. The van der Waals surface area contributed by atoms with E-state index >= 15 is 0 Å². The Kier molecular flexibility index (Phi) is 3.97. The van der Waals surface area contributed by atoms with Crippen LogP contribution in [0, 0.1) is 11.3 Å². The zero-order valence-corrected chi connectivity index (χ0v) is 16.6. The van der Waals surface area contributed by atoms with E-state index < -0.39 is 5.41 Å². The third kappa shape index (κ3) is 2.49. The first-order valence-corrected chi connectivity index (χ1v) is 9.28. The molecule has 0 unspecified atom stereocenters. The quantitative estimate of drug-likeness (QED) is 0.721. The molecule has 1 aromatic heterocycles. The number of nitrogens with one attached hydrogen (secondary N) is 1. The fourth-order valence-corrected chi connectivity index (χ4v) is 4.01. The number of rotatable bonds is 3. The highest BCUT2D eigenvalue weighted by molar-refractivity contribution is 6.20. The highest BCUT2D eigenvalue weighted by Gasteiger charge is 2.40. The third-order valence-electron chi connectivity index (χ3n) is 5.36. The molecular weight excluding hydrogens is 352 g/mol. The van der Waals surface area contributed by atoms with Gasteiger partial charge in [-0.3, -0.25) is 4.79 Å². The number of nitrogens with zero attached hydrogens (tertiary/aromatic N) is 1. The van der Waals surface area contributed by atoms with Gasteiger partial charge >= 0.3 is 0 Å². The Labute approximate surface area is 163 Å². The van der Waals surface area contributed by atoms with Gasteiger partial charge in [0, 0.05) is 27.6 Å². The largest absolute Gasteiger partial charge is 0.493 e. The minimum atomic E-state index is -0.436. The molecular formula is C23H22N2O3. The van der Waals surface area contributed by atoms with Crippen molar-refractivity contribution in [3.05, 3.63) is 58.3 Å². The molecule has 1 aliphatic carbocycles. The number of hydrogen-bond acceptors (Lipinski definition) is 4. The summed E-state index contributed by atoms with van der Waals surface area (Å²) in [5, 5.41) is 10.0. The van der Waals surface area contributed by atoms with Gasteiger partial charge in [0.25, 0.3) is 0 Å². The van der Waals surface area contributed by atoms with E-state index in [2.05, 4.69) is 24.9 Å². The number of aromatic amines is 1. The number of H-pyrrole nitrogens is 1. The van der Waals surface area contributed by atoms with Crippen molar-refractivity contribution in [2.24, 2.45) is 0 Å². The van der Waals surface area contributed by atoms with E-state index in [1.165, 1.54) is 0 Å². The van der Waals surface area contributed by atoms with E-state index in [0.717, 1.165) is 22.2 Å². The molecule has 0 amide bonds. The highest BCUT2D eigenvalue weighted by Crippen LogP contribution is 2.47.